The number of rotatable bonds is 5. The van der Waals surface area contributed by atoms with Crippen molar-refractivity contribution in [2.45, 2.75) is 38.6 Å². The molecule has 0 saturated heterocycles. The minimum atomic E-state index is -0.659. The predicted octanol–water partition coefficient (Wildman–Crippen LogP) is 3.31. The van der Waals surface area contributed by atoms with Gasteiger partial charge in [-0.25, -0.2) is 16.5 Å². The van der Waals surface area contributed by atoms with Crippen LogP contribution in [0.3, 0.4) is 0 Å². The molecule has 2 N–H and O–H groups in total. The molecule has 2 aromatic carbocycles. The summed E-state index contributed by atoms with van der Waals surface area (Å²) in [5.74, 6) is 1.10. The molecule has 6 nitrogen and oxygen atoms in total. The first kappa shape index (κ1) is 32.0. The summed E-state index contributed by atoms with van der Waals surface area (Å²) in [5, 5.41) is 1.37. The zero-order valence-corrected chi connectivity index (χ0v) is 22.0. The summed E-state index contributed by atoms with van der Waals surface area (Å²) in [4.78, 5) is 12.3. The van der Waals surface area contributed by atoms with Gasteiger partial charge in [0, 0.05) is 47.0 Å². The van der Waals surface area contributed by atoms with Gasteiger partial charge < -0.3 is 20.8 Å². The first-order valence-corrected chi connectivity index (χ1v) is 11.3. The summed E-state index contributed by atoms with van der Waals surface area (Å²) in [6, 6.07) is 14.6. The Morgan fingerprint density at radius 3 is 1.61 bits per heavy atom. The number of nitrogens with two attached hydrogens (primary N) is 1. The van der Waals surface area contributed by atoms with Crippen LogP contribution in [0.2, 0.25) is 10.0 Å². The Morgan fingerprint density at radius 2 is 1.22 bits per heavy atom. The first-order chi connectivity index (χ1) is 16.1. The van der Waals surface area contributed by atoms with E-state index in [-0.39, 0.29) is 43.1 Å². The van der Waals surface area contributed by atoms with Crippen LogP contribution in [0.15, 0.2) is 69.9 Å². The molecule has 4 aromatic rings. The molecule has 0 amide bonds. The Morgan fingerprint density at radius 1 is 0.833 bits per heavy atom. The van der Waals surface area contributed by atoms with Crippen molar-refractivity contribution in [3.63, 3.8) is 0 Å². The van der Waals surface area contributed by atoms with Gasteiger partial charge in [0.25, 0.3) is 5.54 Å². The molecule has 4 rings (SSSR count). The molecule has 36 heavy (non-hydrogen) atoms. The molecule has 0 aliphatic rings. The van der Waals surface area contributed by atoms with Crippen molar-refractivity contribution in [2.24, 2.45) is 5.73 Å². The second-order valence-electron chi connectivity index (χ2n) is 8.85. The first-order valence-electron chi connectivity index (χ1n) is 10.6. The minimum Gasteiger partial charge on any atom is -1.00 e. The van der Waals surface area contributed by atoms with Gasteiger partial charge in [-0.2, -0.15) is 0 Å². The second-order valence-corrected chi connectivity index (χ2v) is 9.72. The standard InChI is InChI=1S/C13H11ClN2O.C13H15ClN2O.Al.Li.4H/c1-13(2,15-3)11-8-17-12(16-11)9-4-6-10(14)7-5-9;1-13(2,8-15)11-7-17-12(16-11)9-3-5-10(14)6-4-9;;;;;;/h4-8H,1-2H3;3-7H,8,15H2,1-2H3;;;;;;/q;;;+1;;;;-1. The number of aromatic nitrogens is 2. The quantitative estimate of drug-likeness (QED) is 0.313. The average molecular weight is 535 g/mol. The Kier molecular flexibility index (Phi) is 12.0. The van der Waals surface area contributed by atoms with E-state index in [1.807, 2.05) is 64.1 Å². The molecule has 184 valence electrons. The zero-order chi connectivity index (χ0) is 24.9. The number of hydrogen-bond acceptors (Lipinski definition) is 5. The molecular weight excluding hydrogens is 505 g/mol. The van der Waals surface area contributed by atoms with Crippen LogP contribution >= 0.6 is 23.2 Å². The van der Waals surface area contributed by atoms with Crippen LogP contribution in [0.25, 0.3) is 27.8 Å². The van der Waals surface area contributed by atoms with Crippen LogP contribution < -0.4 is 24.6 Å². The van der Waals surface area contributed by atoms with Crippen molar-refractivity contribution in [3.05, 3.63) is 93.9 Å². The molecule has 0 saturated carbocycles. The third-order valence-electron chi connectivity index (χ3n) is 5.30. The minimum absolute atomic E-state index is 0. The van der Waals surface area contributed by atoms with Gasteiger partial charge in [-0.1, -0.05) is 37.0 Å². The summed E-state index contributed by atoms with van der Waals surface area (Å²) in [5.41, 5.74) is 8.14. The normalized spacial score (nSPS) is 10.8. The summed E-state index contributed by atoms with van der Waals surface area (Å²) in [7, 11) is 0. The molecule has 0 bridgehead atoms. The van der Waals surface area contributed by atoms with Crippen molar-refractivity contribution in [2.75, 3.05) is 6.54 Å². The largest absolute Gasteiger partial charge is 1.00 e. The smallest absolute Gasteiger partial charge is 1.00 e. The third kappa shape index (κ3) is 8.01. The monoisotopic (exact) mass is 534 g/mol. The van der Waals surface area contributed by atoms with Crippen LogP contribution in [-0.2, 0) is 11.0 Å². The Labute approximate surface area is 246 Å². The zero-order valence-electron chi connectivity index (χ0n) is 21.5. The van der Waals surface area contributed by atoms with E-state index in [9.17, 15) is 0 Å². The second kappa shape index (κ2) is 13.5. The maximum Gasteiger partial charge on any atom is 1.00 e. The molecule has 0 aliphatic carbocycles. The van der Waals surface area contributed by atoms with Gasteiger partial charge in [-0.05, 0) is 48.5 Å². The van der Waals surface area contributed by atoms with Crippen LogP contribution in [0.5, 0.6) is 0 Å². The summed E-state index contributed by atoms with van der Waals surface area (Å²) in [6.45, 7) is 15.3. The number of halogens is 2. The molecule has 0 spiro atoms. The van der Waals surface area contributed by atoms with E-state index in [1.54, 1.807) is 18.4 Å². The van der Waals surface area contributed by atoms with Crippen molar-refractivity contribution < 1.29 is 29.1 Å². The van der Waals surface area contributed by atoms with E-state index in [0.717, 1.165) is 16.8 Å². The van der Waals surface area contributed by atoms with Gasteiger partial charge in [-0.15, -0.1) is 0 Å². The van der Waals surface area contributed by atoms with Crippen LogP contribution in [0, 0.1) is 6.57 Å². The molecular formula is C26H30AlCl2LiN4O2. The van der Waals surface area contributed by atoms with Crippen molar-refractivity contribution in [1.29, 1.82) is 0 Å². The van der Waals surface area contributed by atoms with E-state index < -0.39 is 5.54 Å². The van der Waals surface area contributed by atoms with Gasteiger partial charge in [0.1, 0.15) is 12.5 Å². The van der Waals surface area contributed by atoms with Crippen LogP contribution in [0.4, 0.5) is 0 Å². The van der Waals surface area contributed by atoms with E-state index >= 15 is 0 Å². The molecule has 0 unspecified atom stereocenters. The Balaban J connectivity index is 0.000000648. The molecule has 0 aliphatic heterocycles. The molecule has 0 fully saturated rings. The van der Waals surface area contributed by atoms with Crippen LogP contribution in [0.1, 0.15) is 40.5 Å². The van der Waals surface area contributed by atoms with Crippen molar-refractivity contribution >= 4 is 40.6 Å². The van der Waals surface area contributed by atoms with E-state index in [0.29, 0.717) is 34.1 Å². The number of oxazole rings is 2. The average Bonchev–Trinajstić information content (AvgIpc) is 3.52. The maximum atomic E-state index is 7.11. The Bertz CT molecular complexity index is 1290. The fourth-order valence-electron chi connectivity index (χ4n) is 2.75. The molecule has 2 aromatic heterocycles. The predicted molar refractivity (Wildman–Crippen MR) is 147 cm³/mol. The van der Waals surface area contributed by atoms with Gasteiger partial charge >= 0.3 is 18.9 Å². The molecule has 0 atom stereocenters. The van der Waals surface area contributed by atoms with Gasteiger partial charge in [0.15, 0.2) is 23.1 Å². The SMILES string of the molecule is CC(C)(CN)c1coc(-c2ccc(Cl)cc2)n1.[AlH3].[C-]#[N+]C(C)(C)c1coc(-c2ccc(Cl)cc2)n1.[H-].[Li+]. The van der Waals surface area contributed by atoms with E-state index in [4.69, 9.17) is 44.3 Å². The Hall–Kier alpha value is -1.98. The van der Waals surface area contributed by atoms with Crippen LogP contribution in [-0.4, -0.2) is 33.9 Å². The van der Waals surface area contributed by atoms with Gasteiger partial charge in [0.05, 0.1) is 5.69 Å². The third-order valence-corrected chi connectivity index (χ3v) is 5.80. The summed E-state index contributed by atoms with van der Waals surface area (Å²) >= 11 is 11.6. The van der Waals surface area contributed by atoms with E-state index in [2.05, 4.69) is 14.8 Å². The van der Waals surface area contributed by atoms with Gasteiger partial charge in [0.2, 0.25) is 11.8 Å². The fourth-order valence-corrected chi connectivity index (χ4v) is 3.00. The topological polar surface area (TPSA) is 82.4 Å². The molecule has 2 heterocycles. The van der Waals surface area contributed by atoms with Crippen molar-refractivity contribution in [1.82, 2.24) is 9.97 Å². The van der Waals surface area contributed by atoms with E-state index in [1.165, 1.54) is 6.26 Å². The van der Waals surface area contributed by atoms with Gasteiger partial charge in [-0.3, -0.25) is 0 Å². The molecule has 10 heteroatoms. The number of hydrogen-bond donors (Lipinski definition) is 1. The fraction of sp³-hybridized carbons (Fsp3) is 0.269. The maximum absolute atomic E-state index is 7.11. The number of benzene rings is 2. The number of nitrogens with zero attached hydrogens (tertiary/aromatic N) is 3. The summed E-state index contributed by atoms with van der Waals surface area (Å²) in [6.07, 6.45) is 3.19. The molecule has 0 radical (unpaired) electrons. The summed E-state index contributed by atoms with van der Waals surface area (Å²) < 4.78 is 10.9. The van der Waals surface area contributed by atoms with Crippen molar-refractivity contribution in [3.8, 4) is 22.9 Å².